The van der Waals surface area contributed by atoms with E-state index in [0.717, 1.165) is 13.0 Å². The first-order valence-corrected chi connectivity index (χ1v) is 8.35. The zero-order valence-electron chi connectivity index (χ0n) is 12.7. The van der Waals surface area contributed by atoms with Gasteiger partial charge in [-0.05, 0) is 18.1 Å². The summed E-state index contributed by atoms with van der Waals surface area (Å²) in [5, 5.41) is 11.5. The van der Waals surface area contributed by atoms with Crippen molar-refractivity contribution in [1.82, 2.24) is 0 Å². The summed E-state index contributed by atoms with van der Waals surface area (Å²) >= 11 is 0. The van der Waals surface area contributed by atoms with Crippen LogP contribution in [-0.2, 0) is 0 Å². The molecule has 0 N–H and O–H groups in total. The average Bonchev–Trinajstić information content (AvgIpc) is 2.93. The van der Waals surface area contributed by atoms with Crippen LogP contribution in [0.25, 0.3) is 0 Å². The van der Waals surface area contributed by atoms with Crippen LogP contribution in [-0.4, -0.2) is 12.3 Å². The first kappa shape index (κ1) is 16.3. The van der Waals surface area contributed by atoms with E-state index in [1.165, 1.54) is 82.8 Å². The van der Waals surface area contributed by atoms with E-state index in [9.17, 15) is 0 Å². The number of hydrogen-bond acceptors (Lipinski definition) is 3. The average molecular weight is 265 g/mol. The second kappa shape index (κ2) is 12.3. The molecule has 110 valence electrons. The lowest BCUT2D eigenvalue weighted by molar-refractivity contribution is 0.546. The van der Waals surface area contributed by atoms with Crippen LogP contribution in [0, 0.1) is 0 Å². The SMILES string of the molecule is CCCCCCCCCCCCCCC1=NN=NC1. The van der Waals surface area contributed by atoms with Crippen molar-refractivity contribution in [3.63, 3.8) is 0 Å². The molecular formula is C16H31N3. The Hall–Kier alpha value is -0.730. The van der Waals surface area contributed by atoms with Gasteiger partial charge in [0.05, 0.1) is 5.71 Å². The predicted octanol–water partition coefficient (Wildman–Crippen LogP) is 5.90. The smallest absolute Gasteiger partial charge is 0.102 e. The Bertz CT molecular complexity index is 259. The summed E-state index contributed by atoms with van der Waals surface area (Å²) in [6.07, 6.45) is 18.0. The first-order valence-electron chi connectivity index (χ1n) is 8.35. The molecule has 19 heavy (non-hydrogen) atoms. The van der Waals surface area contributed by atoms with Crippen LogP contribution in [0.4, 0.5) is 0 Å². The largest absolute Gasteiger partial charge is 0.163 e. The third-order valence-electron chi connectivity index (χ3n) is 3.82. The molecule has 3 nitrogen and oxygen atoms in total. The van der Waals surface area contributed by atoms with Crippen molar-refractivity contribution in [2.24, 2.45) is 15.4 Å². The van der Waals surface area contributed by atoms with Gasteiger partial charge in [-0.1, -0.05) is 77.6 Å². The second-order valence-corrected chi connectivity index (χ2v) is 5.69. The fourth-order valence-corrected chi connectivity index (χ4v) is 2.54. The summed E-state index contributed by atoms with van der Waals surface area (Å²) in [5.74, 6) is 0. The lowest BCUT2D eigenvalue weighted by Crippen LogP contribution is -1.98. The molecule has 1 rings (SSSR count). The quantitative estimate of drug-likeness (QED) is 0.372. The van der Waals surface area contributed by atoms with Gasteiger partial charge in [0.1, 0.15) is 6.54 Å². The standard InChI is InChI=1S/C16H31N3/c1-2-3-4-5-6-7-8-9-10-11-12-13-14-16-15-17-19-18-16/h2-15H2,1H3. The molecule has 1 heterocycles. The van der Waals surface area contributed by atoms with Crippen LogP contribution in [0.2, 0.25) is 0 Å². The lowest BCUT2D eigenvalue weighted by atomic mass is 10.0. The molecule has 1 aliphatic heterocycles. The van der Waals surface area contributed by atoms with Crippen LogP contribution in [0.3, 0.4) is 0 Å². The maximum atomic E-state index is 4.00. The highest BCUT2D eigenvalue weighted by molar-refractivity contribution is 5.86. The molecule has 0 amide bonds. The Morgan fingerprint density at radius 3 is 1.74 bits per heavy atom. The van der Waals surface area contributed by atoms with E-state index in [1.54, 1.807) is 0 Å². The zero-order valence-corrected chi connectivity index (χ0v) is 12.7. The molecule has 0 saturated heterocycles. The highest BCUT2D eigenvalue weighted by atomic mass is 15.4. The van der Waals surface area contributed by atoms with Gasteiger partial charge in [-0.3, -0.25) is 0 Å². The van der Waals surface area contributed by atoms with Crippen molar-refractivity contribution in [3.05, 3.63) is 0 Å². The molecule has 0 saturated carbocycles. The van der Waals surface area contributed by atoms with E-state index in [1.807, 2.05) is 0 Å². The van der Waals surface area contributed by atoms with Gasteiger partial charge in [-0.15, -0.1) is 5.10 Å². The van der Waals surface area contributed by atoms with Crippen molar-refractivity contribution in [3.8, 4) is 0 Å². The summed E-state index contributed by atoms with van der Waals surface area (Å²) in [6.45, 7) is 3.03. The third kappa shape index (κ3) is 9.80. The molecule has 0 aromatic rings. The van der Waals surface area contributed by atoms with Crippen LogP contribution in [0.15, 0.2) is 15.4 Å². The maximum absolute atomic E-state index is 4.00. The monoisotopic (exact) mass is 265 g/mol. The van der Waals surface area contributed by atoms with E-state index >= 15 is 0 Å². The topological polar surface area (TPSA) is 37.1 Å². The Labute approximate surface area is 119 Å². The summed E-state index contributed by atoms with van der Waals surface area (Å²) < 4.78 is 0. The van der Waals surface area contributed by atoms with Crippen LogP contribution < -0.4 is 0 Å². The van der Waals surface area contributed by atoms with E-state index in [4.69, 9.17) is 0 Å². The van der Waals surface area contributed by atoms with Crippen LogP contribution in [0.1, 0.15) is 90.4 Å². The molecule has 3 heteroatoms. The Balaban J connectivity index is 1.69. The minimum absolute atomic E-state index is 0.748. The van der Waals surface area contributed by atoms with Crippen molar-refractivity contribution in [2.75, 3.05) is 6.54 Å². The maximum Gasteiger partial charge on any atom is 0.102 e. The molecule has 0 bridgehead atoms. The van der Waals surface area contributed by atoms with Crippen molar-refractivity contribution < 1.29 is 0 Å². The molecule has 0 atom stereocenters. The first-order chi connectivity index (χ1) is 9.43. The number of unbranched alkanes of at least 4 members (excludes halogenated alkanes) is 11. The summed E-state index contributed by atoms with van der Waals surface area (Å²) in [4.78, 5) is 0. The Morgan fingerprint density at radius 2 is 1.26 bits per heavy atom. The molecule has 0 radical (unpaired) electrons. The molecule has 0 aromatic carbocycles. The van der Waals surface area contributed by atoms with Gasteiger partial charge < -0.3 is 0 Å². The van der Waals surface area contributed by atoms with Gasteiger partial charge in [-0.25, -0.2) is 0 Å². The van der Waals surface area contributed by atoms with Gasteiger partial charge in [-0.2, -0.15) is 5.11 Å². The molecule has 0 spiro atoms. The number of nitrogens with zero attached hydrogens (tertiary/aromatic N) is 3. The van der Waals surface area contributed by atoms with Gasteiger partial charge >= 0.3 is 0 Å². The second-order valence-electron chi connectivity index (χ2n) is 5.69. The predicted molar refractivity (Wildman–Crippen MR) is 82.9 cm³/mol. The molecule has 0 unspecified atom stereocenters. The van der Waals surface area contributed by atoms with Gasteiger partial charge in [0.25, 0.3) is 0 Å². The van der Waals surface area contributed by atoms with E-state index < -0.39 is 0 Å². The molecule has 0 fully saturated rings. The lowest BCUT2D eigenvalue weighted by Gasteiger charge is -2.02. The minimum Gasteiger partial charge on any atom is -0.163 e. The van der Waals surface area contributed by atoms with Crippen LogP contribution >= 0.6 is 0 Å². The molecule has 1 aliphatic rings. The molecule has 0 aromatic heterocycles. The van der Waals surface area contributed by atoms with Gasteiger partial charge in [0.15, 0.2) is 0 Å². The van der Waals surface area contributed by atoms with E-state index in [2.05, 4.69) is 22.4 Å². The summed E-state index contributed by atoms with van der Waals surface area (Å²) in [7, 11) is 0. The van der Waals surface area contributed by atoms with E-state index in [0.29, 0.717) is 0 Å². The number of hydrogen-bond donors (Lipinski definition) is 0. The minimum atomic E-state index is 0.748. The van der Waals surface area contributed by atoms with Gasteiger partial charge in [0, 0.05) is 0 Å². The highest BCUT2D eigenvalue weighted by Gasteiger charge is 2.02. The summed E-state index contributed by atoms with van der Waals surface area (Å²) in [5.41, 5.74) is 1.17. The zero-order chi connectivity index (χ0) is 13.6. The Kier molecular flexibility index (Phi) is 10.6. The highest BCUT2D eigenvalue weighted by Crippen LogP contribution is 2.13. The third-order valence-corrected chi connectivity index (χ3v) is 3.82. The van der Waals surface area contributed by atoms with E-state index in [-0.39, 0.29) is 0 Å². The normalized spacial score (nSPS) is 14.1. The van der Waals surface area contributed by atoms with Crippen molar-refractivity contribution in [2.45, 2.75) is 90.4 Å². The van der Waals surface area contributed by atoms with Gasteiger partial charge in [0.2, 0.25) is 0 Å². The fourth-order valence-electron chi connectivity index (χ4n) is 2.54. The summed E-state index contributed by atoms with van der Waals surface area (Å²) in [6, 6.07) is 0. The van der Waals surface area contributed by atoms with Crippen molar-refractivity contribution >= 4 is 5.71 Å². The van der Waals surface area contributed by atoms with Crippen molar-refractivity contribution in [1.29, 1.82) is 0 Å². The molecule has 0 aliphatic carbocycles. The van der Waals surface area contributed by atoms with Crippen LogP contribution in [0.5, 0.6) is 0 Å². The molecular weight excluding hydrogens is 234 g/mol. The number of rotatable bonds is 13. The Morgan fingerprint density at radius 1 is 0.737 bits per heavy atom. The fraction of sp³-hybridized carbons (Fsp3) is 0.938.